The van der Waals surface area contributed by atoms with Crippen molar-refractivity contribution in [1.29, 1.82) is 0 Å². The lowest BCUT2D eigenvalue weighted by atomic mass is 10.4. The first-order valence-corrected chi connectivity index (χ1v) is 5.95. The van der Waals surface area contributed by atoms with E-state index in [9.17, 15) is 0 Å². The molecule has 2 nitrogen and oxygen atoms in total. The zero-order valence-corrected chi connectivity index (χ0v) is 8.70. The van der Waals surface area contributed by atoms with Crippen molar-refractivity contribution < 1.29 is 0 Å². The fourth-order valence-electron chi connectivity index (χ4n) is 1.54. The lowest BCUT2D eigenvalue weighted by Crippen LogP contribution is -1.85. The molecule has 2 heterocycles. The Hall–Kier alpha value is -0.960. The van der Waals surface area contributed by atoms with Crippen LogP contribution >= 0.6 is 11.8 Å². The van der Waals surface area contributed by atoms with E-state index in [4.69, 9.17) is 0 Å². The Bertz CT molecular complexity index is 445. The molecule has 14 heavy (non-hydrogen) atoms. The van der Waals surface area contributed by atoms with Gasteiger partial charge in [-0.05, 0) is 30.9 Å². The van der Waals surface area contributed by atoms with Crippen LogP contribution in [0.2, 0.25) is 0 Å². The average Bonchev–Trinajstić information content (AvgIpc) is 2.91. The van der Waals surface area contributed by atoms with Crippen molar-refractivity contribution >= 4 is 17.3 Å². The highest BCUT2D eigenvalue weighted by Crippen LogP contribution is 2.36. The number of pyridine rings is 1. The number of nitrogens with zero attached hydrogens (tertiary/aromatic N) is 2. The summed E-state index contributed by atoms with van der Waals surface area (Å²) < 4.78 is 2.08. The lowest BCUT2D eigenvalue weighted by Gasteiger charge is -2.02. The van der Waals surface area contributed by atoms with Gasteiger partial charge in [-0.1, -0.05) is 0 Å². The maximum absolute atomic E-state index is 4.15. The van der Waals surface area contributed by atoms with Crippen LogP contribution in [0, 0.1) is 5.92 Å². The standard InChI is InChI=1S/C11H12N2S/c1-2-11(14-7-9-3-4-9)10-6-12-8-13(10)5-1/h1-2,5-6,8-9H,3-4,7H2. The average molecular weight is 204 g/mol. The normalized spacial score (nSPS) is 16.3. The highest BCUT2D eigenvalue weighted by Gasteiger charge is 2.21. The molecule has 3 rings (SSSR count). The van der Waals surface area contributed by atoms with Crippen molar-refractivity contribution in [2.45, 2.75) is 17.7 Å². The van der Waals surface area contributed by atoms with Gasteiger partial charge in [0.05, 0.1) is 18.0 Å². The van der Waals surface area contributed by atoms with Gasteiger partial charge in [-0.3, -0.25) is 0 Å². The predicted molar refractivity (Wildman–Crippen MR) is 58.6 cm³/mol. The van der Waals surface area contributed by atoms with Crippen LogP contribution in [0.25, 0.3) is 5.52 Å². The SMILES string of the molecule is c1cc(SCC2CC2)c2cncn2c1. The second-order valence-electron chi connectivity index (χ2n) is 3.81. The molecule has 1 saturated carbocycles. The third-order valence-corrected chi connectivity index (χ3v) is 3.88. The van der Waals surface area contributed by atoms with E-state index in [-0.39, 0.29) is 0 Å². The van der Waals surface area contributed by atoms with Gasteiger partial charge in [0.1, 0.15) is 0 Å². The van der Waals surface area contributed by atoms with Crippen molar-refractivity contribution in [3.05, 3.63) is 30.9 Å². The van der Waals surface area contributed by atoms with E-state index in [1.165, 1.54) is 29.0 Å². The van der Waals surface area contributed by atoms with E-state index >= 15 is 0 Å². The Morgan fingerprint density at radius 2 is 2.43 bits per heavy atom. The van der Waals surface area contributed by atoms with E-state index in [2.05, 4.69) is 21.5 Å². The van der Waals surface area contributed by atoms with Crippen molar-refractivity contribution in [1.82, 2.24) is 9.38 Å². The molecule has 72 valence electrons. The van der Waals surface area contributed by atoms with Gasteiger partial charge in [0.2, 0.25) is 0 Å². The van der Waals surface area contributed by atoms with Crippen LogP contribution in [-0.2, 0) is 0 Å². The van der Waals surface area contributed by atoms with Crippen LogP contribution < -0.4 is 0 Å². The summed E-state index contributed by atoms with van der Waals surface area (Å²) in [5.41, 5.74) is 1.23. The van der Waals surface area contributed by atoms with Gasteiger partial charge in [-0.25, -0.2) is 4.98 Å². The minimum absolute atomic E-state index is 0.975. The minimum Gasteiger partial charge on any atom is -0.305 e. The molecular formula is C11H12N2S. The summed E-state index contributed by atoms with van der Waals surface area (Å²) >= 11 is 1.96. The van der Waals surface area contributed by atoms with E-state index in [1.54, 1.807) is 0 Å². The van der Waals surface area contributed by atoms with Crippen molar-refractivity contribution in [3.63, 3.8) is 0 Å². The van der Waals surface area contributed by atoms with Crippen LogP contribution in [0.3, 0.4) is 0 Å². The largest absolute Gasteiger partial charge is 0.305 e. The molecule has 1 aliphatic rings. The number of aromatic nitrogens is 2. The van der Waals surface area contributed by atoms with E-state index in [0.717, 1.165) is 5.92 Å². The molecule has 1 aliphatic carbocycles. The van der Waals surface area contributed by atoms with Crippen LogP contribution in [0.15, 0.2) is 35.7 Å². The Labute approximate surface area is 87.3 Å². The fraction of sp³-hybridized carbons (Fsp3) is 0.364. The third kappa shape index (κ3) is 1.52. The molecule has 0 spiro atoms. The maximum atomic E-state index is 4.15. The number of rotatable bonds is 3. The van der Waals surface area contributed by atoms with Gasteiger partial charge >= 0.3 is 0 Å². The smallest absolute Gasteiger partial charge is 0.0992 e. The quantitative estimate of drug-likeness (QED) is 0.715. The zero-order valence-electron chi connectivity index (χ0n) is 7.89. The molecule has 0 amide bonds. The lowest BCUT2D eigenvalue weighted by molar-refractivity contribution is 0.999. The second-order valence-corrected chi connectivity index (χ2v) is 4.87. The summed E-state index contributed by atoms with van der Waals surface area (Å²) in [6, 6.07) is 4.27. The van der Waals surface area contributed by atoms with Gasteiger partial charge < -0.3 is 4.40 Å². The second kappa shape index (κ2) is 3.31. The van der Waals surface area contributed by atoms with E-state index < -0.39 is 0 Å². The van der Waals surface area contributed by atoms with Gasteiger partial charge in [-0.2, -0.15) is 0 Å². The van der Waals surface area contributed by atoms with Crippen molar-refractivity contribution in [2.75, 3.05) is 5.75 Å². The molecule has 0 aromatic carbocycles. The Morgan fingerprint density at radius 3 is 3.29 bits per heavy atom. The number of fused-ring (bicyclic) bond motifs is 1. The molecule has 0 N–H and O–H groups in total. The molecule has 1 fully saturated rings. The van der Waals surface area contributed by atoms with Crippen LogP contribution in [0.5, 0.6) is 0 Å². The number of imidazole rings is 1. The molecule has 0 aliphatic heterocycles. The number of hydrogen-bond acceptors (Lipinski definition) is 2. The van der Waals surface area contributed by atoms with Crippen molar-refractivity contribution in [2.24, 2.45) is 5.92 Å². The first kappa shape index (κ1) is 8.36. The summed E-state index contributed by atoms with van der Waals surface area (Å²) in [4.78, 5) is 5.51. The molecule has 0 saturated heterocycles. The fourth-order valence-corrected chi connectivity index (χ4v) is 2.77. The van der Waals surface area contributed by atoms with Crippen LogP contribution in [0.1, 0.15) is 12.8 Å². The Balaban J connectivity index is 1.89. The summed E-state index contributed by atoms with van der Waals surface area (Å²) in [7, 11) is 0. The Kier molecular flexibility index (Phi) is 1.98. The van der Waals surface area contributed by atoms with Gasteiger partial charge in [-0.15, -0.1) is 11.8 Å². The molecule has 0 bridgehead atoms. The molecule has 2 aromatic rings. The zero-order chi connectivity index (χ0) is 9.38. The minimum atomic E-state index is 0.975. The highest BCUT2D eigenvalue weighted by molar-refractivity contribution is 7.99. The molecule has 3 heteroatoms. The summed E-state index contributed by atoms with van der Waals surface area (Å²) in [6.45, 7) is 0. The molecular weight excluding hydrogens is 192 g/mol. The summed E-state index contributed by atoms with van der Waals surface area (Å²) in [5, 5.41) is 0. The van der Waals surface area contributed by atoms with Crippen LogP contribution in [0.4, 0.5) is 0 Å². The third-order valence-electron chi connectivity index (χ3n) is 2.58. The first-order chi connectivity index (χ1) is 6.93. The van der Waals surface area contributed by atoms with Gasteiger partial charge in [0.15, 0.2) is 0 Å². The summed E-state index contributed by atoms with van der Waals surface area (Å²) in [6.07, 6.45) is 8.69. The first-order valence-electron chi connectivity index (χ1n) is 4.97. The highest BCUT2D eigenvalue weighted by atomic mass is 32.2. The van der Waals surface area contributed by atoms with E-state index in [1.807, 2.05) is 30.5 Å². The summed E-state index contributed by atoms with van der Waals surface area (Å²) in [5.74, 6) is 2.24. The van der Waals surface area contributed by atoms with E-state index in [0.29, 0.717) is 0 Å². The topological polar surface area (TPSA) is 17.3 Å². The maximum Gasteiger partial charge on any atom is 0.0992 e. The van der Waals surface area contributed by atoms with Crippen molar-refractivity contribution in [3.8, 4) is 0 Å². The monoisotopic (exact) mass is 204 g/mol. The molecule has 0 atom stereocenters. The molecule has 0 unspecified atom stereocenters. The van der Waals surface area contributed by atoms with Gasteiger partial charge in [0, 0.05) is 16.8 Å². The van der Waals surface area contributed by atoms with Gasteiger partial charge in [0.25, 0.3) is 0 Å². The molecule has 0 radical (unpaired) electrons. The van der Waals surface area contributed by atoms with Crippen LogP contribution in [-0.4, -0.2) is 15.1 Å². The number of hydrogen-bond donors (Lipinski definition) is 0. The predicted octanol–water partition coefficient (Wildman–Crippen LogP) is 2.84. The number of thioether (sulfide) groups is 1. The molecule has 2 aromatic heterocycles. The Morgan fingerprint density at radius 1 is 1.50 bits per heavy atom.